The Hall–Kier alpha value is -0.560. The molecule has 1 N–H and O–H groups in total. The molecule has 0 aliphatic carbocycles. The van der Waals surface area contributed by atoms with E-state index in [-0.39, 0.29) is 0 Å². The van der Waals surface area contributed by atoms with Gasteiger partial charge < -0.3 is 0 Å². The standard InChI is InChI=1S/C3H2F6O5S2/c4-1(5)2(6,3(7,8)9)15(10,11)16(12,13)14/h1H,(H,12,13,14). The molecule has 0 aromatic rings. The highest BCUT2D eigenvalue weighted by atomic mass is 33.2. The van der Waals surface area contributed by atoms with Gasteiger partial charge in [0.2, 0.25) is 0 Å². The third-order valence-electron chi connectivity index (χ3n) is 1.31. The number of halogens is 6. The van der Waals surface area contributed by atoms with Crippen molar-refractivity contribution in [3.05, 3.63) is 0 Å². The molecule has 5 nitrogen and oxygen atoms in total. The lowest BCUT2D eigenvalue weighted by atomic mass is 10.4. The first-order valence-electron chi connectivity index (χ1n) is 2.95. The SMILES string of the molecule is O=S(=O)(O)S(=O)(=O)C(F)(C(F)F)C(F)(F)F. The van der Waals surface area contributed by atoms with Gasteiger partial charge in [-0.2, -0.15) is 21.6 Å². The Kier molecular flexibility index (Phi) is 3.60. The molecule has 0 rings (SSSR count). The van der Waals surface area contributed by atoms with Gasteiger partial charge in [0.15, 0.2) is 0 Å². The normalized spacial score (nSPS) is 18.5. The van der Waals surface area contributed by atoms with Gasteiger partial charge in [-0.1, -0.05) is 0 Å². The fourth-order valence-corrected chi connectivity index (χ4v) is 2.76. The largest absolute Gasteiger partial charge is 0.444 e. The minimum atomic E-state index is -7.21. The molecule has 1 atom stereocenters. The monoisotopic (exact) mass is 296 g/mol. The molecular weight excluding hydrogens is 294 g/mol. The minimum Gasteiger partial charge on any atom is -0.274 e. The van der Waals surface area contributed by atoms with E-state index in [1.165, 1.54) is 0 Å². The van der Waals surface area contributed by atoms with Gasteiger partial charge in [0.05, 0.1) is 0 Å². The van der Waals surface area contributed by atoms with Gasteiger partial charge in [0.1, 0.15) is 0 Å². The van der Waals surface area contributed by atoms with E-state index in [0.29, 0.717) is 0 Å². The molecule has 0 aromatic carbocycles. The summed E-state index contributed by atoms with van der Waals surface area (Å²) in [6, 6.07) is 0. The number of hydrogen-bond acceptors (Lipinski definition) is 4. The van der Waals surface area contributed by atoms with Gasteiger partial charge in [-0.05, 0) is 0 Å². The van der Waals surface area contributed by atoms with Gasteiger partial charge in [0, 0.05) is 0 Å². The molecule has 0 amide bonds. The van der Waals surface area contributed by atoms with Gasteiger partial charge in [-0.15, -0.1) is 0 Å². The molecule has 0 aliphatic heterocycles. The smallest absolute Gasteiger partial charge is 0.274 e. The maximum Gasteiger partial charge on any atom is 0.444 e. The highest BCUT2D eigenvalue weighted by molar-refractivity contribution is 8.65. The van der Waals surface area contributed by atoms with E-state index in [0.717, 1.165) is 0 Å². The van der Waals surface area contributed by atoms with Crippen LogP contribution in [0.5, 0.6) is 0 Å². The Morgan fingerprint density at radius 2 is 1.25 bits per heavy atom. The van der Waals surface area contributed by atoms with Crippen molar-refractivity contribution in [2.24, 2.45) is 0 Å². The number of rotatable bonds is 3. The van der Waals surface area contributed by atoms with Gasteiger partial charge >= 0.3 is 29.2 Å². The van der Waals surface area contributed by atoms with E-state index in [1.807, 2.05) is 0 Å². The van der Waals surface area contributed by atoms with E-state index < -0.39 is 35.6 Å². The zero-order chi connectivity index (χ0) is 13.6. The molecule has 0 fully saturated rings. The second-order valence-corrected chi connectivity index (χ2v) is 7.26. The summed E-state index contributed by atoms with van der Waals surface area (Å²) in [7, 11) is -13.9. The maximum atomic E-state index is 12.7. The van der Waals surface area contributed by atoms with Crippen LogP contribution >= 0.6 is 0 Å². The van der Waals surface area contributed by atoms with E-state index >= 15 is 0 Å². The molecule has 0 aliphatic rings. The minimum absolute atomic E-state index is 5.24. The first-order chi connectivity index (χ1) is 6.69. The van der Waals surface area contributed by atoms with Crippen molar-refractivity contribution in [2.75, 3.05) is 0 Å². The lowest BCUT2D eigenvalue weighted by molar-refractivity contribution is -0.230. The van der Waals surface area contributed by atoms with Crippen molar-refractivity contribution in [2.45, 2.75) is 17.6 Å². The molecule has 0 radical (unpaired) electrons. The molecule has 0 saturated heterocycles. The number of alkyl halides is 6. The van der Waals surface area contributed by atoms with Crippen LogP contribution in [-0.2, 0) is 18.0 Å². The number of hydrogen-bond donors (Lipinski definition) is 1. The fourth-order valence-electron chi connectivity index (χ4n) is 0.528. The van der Waals surface area contributed by atoms with Crippen molar-refractivity contribution in [1.82, 2.24) is 0 Å². The summed E-state index contributed by atoms with van der Waals surface area (Å²) in [6.45, 7) is 0. The van der Waals surface area contributed by atoms with Gasteiger partial charge in [0.25, 0.3) is 6.43 Å². The fraction of sp³-hybridized carbons (Fsp3) is 1.00. The Morgan fingerprint density at radius 1 is 0.938 bits per heavy atom. The maximum absolute atomic E-state index is 12.7. The lowest BCUT2D eigenvalue weighted by Crippen LogP contribution is -2.55. The van der Waals surface area contributed by atoms with Gasteiger partial charge in [-0.25, -0.2) is 21.6 Å². The van der Waals surface area contributed by atoms with E-state index in [4.69, 9.17) is 4.55 Å². The summed E-state index contributed by atoms with van der Waals surface area (Å²) in [5.41, 5.74) is 0. The average Bonchev–Trinajstić information content (AvgIpc) is 1.97. The molecule has 98 valence electrons. The first-order valence-corrected chi connectivity index (χ1v) is 6.39. The highest BCUT2D eigenvalue weighted by Gasteiger charge is 2.75. The molecule has 13 heteroatoms. The molecule has 0 spiro atoms. The lowest BCUT2D eigenvalue weighted by Gasteiger charge is -2.24. The molecule has 16 heavy (non-hydrogen) atoms. The molecular formula is C3H2F6O5S2. The summed E-state index contributed by atoms with van der Waals surface area (Å²) < 4.78 is 120. The van der Waals surface area contributed by atoms with Crippen molar-refractivity contribution < 1.29 is 47.7 Å². The Morgan fingerprint density at radius 3 is 1.31 bits per heavy atom. The average molecular weight is 296 g/mol. The van der Waals surface area contributed by atoms with Crippen LogP contribution in [-0.4, -0.2) is 39.0 Å². The van der Waals surface area contributed by atoms with E-state index in [1.54, 1.807) is 0 Å². The van der Waals surface area contributed by atoms with Crippen LogP contribution < -0.4 is 0 Å². The zero-order valence-corrected chi connectivity index (χ0v) is 8.37. The van der Waals surface area contributed by atoms with Crippen LogP contribution in [0.25, 0.3) is 0 Å². The predicted octanol–water partition coefficient (Wildman–Crippen LogP) is 0.697. The quantitative estimate of drug-likeness (QED) is 0.470. The van der Waals surface area contributed by atoms with Crippen LogP contribution in [0, 0.1) is 0 Å². The van der Waals surface area contributed by atoms with Crippen molar-refractivity contribution in [3.63, 3.8) is 0 Å². The highest BCUT2D eigenvalue weighted by Crippen LogP contribution is 2.44. The van der Waals surface area contributed by atoms with Crippen LogP contribution in [0.1, 0.15) is 0 Å². The summed E-state index contributed by atoms with van der Waals surface area (Å²) >= 11 is 0. The Bertz CT molecular complexity index is 461. The Labute approximate surface area is 84.1 Å². The first kappa shape index (κ1) is 15.4. The molecule has 0 heterocycles. The second kappa shape index (κ2) is 3.73. The second-order valence-electron chi connectivity index (χ2n) is 2.33. The molecule has 0 saturated carbocycles. The summed E-state index contributed by atoms with van der Waals surface area (Å²) in [5, 5.41) is -6.38. The summed E-state index contributed by atoms with van der Waals surface area (Å²) in [5.74, 6) is 0. The van der Waals surface area contributed by atoms with E-state index in [2.05, 4.69) is 0 Å². The van der Waals surface area contributed by atoms with Crippen LogP contribution in [0.15, 0.2) is 0 Å². The van der Waals surface area contributed by atoms with Crippen molar-refractivity contribution >= 4 is 18.0 Å². The van der Waals surface area contributed by atoms with Crippen molar-refractivity contribution in [3.8, 4) is 0 Å². The molecule has 0 bridgehead atoms. The van der Waals surface area contributed by atoms with Gasteiger partial charge in [-0.3, -0.25) is 4.55 Å². The summed E-state index contributed by atoms with van der Waals surface area (Å²) in [6.07, 6.45) is -12.0. The molecule has 0 aromatic heterocycles. The Balaban J connectivity index is 6.20. The van der Waals surface area contributed by atoms with E-state index in [9.17, 15) is 43.2 Å². The molecule has 1 unspecified atom stereocenters. The van der Waals surface area contributed by atoms with Crippen LogP contribution in [0.4, 0.5) is 26.3 Å². The third-order valence-corrected chi connectivity index (χ3v) is 5.39. The van der Waals surface area contributed by atoms with Crippen LogP contribution in [0.2, 0.25) is 0 Å². The summed E-state index contributed by atoms with van der Waals surface area (Å²) in [4.78, 5) is 0. The van der Waals surface area contributed by atoms with Crippen molar-refractivity contribution in [1.29, 1.82) is 0 Å². The van der Waals surface area contributed by atoms with Crippen LogP contribution in [0.3, 0.4) is 0 Å². The topological polar surface area (TPSA) is 88.5 Å². The third kappa shape index (κ3) is 1.98. The predicted molar refractivity (Wildman–Crippen MR) is 36.4 cm³/mol. The zero-order valence-electron chi connectivity index (χ0n) is 6.74.